The van der Waals surface area contributed by atoms with E-state index in [1.807, 2.05) is 29.6 Å². The van der Waals surface area contributed by atoms with Gasteiger partial charge in [0, 0.05) is 11.9 Å². The molecule has 0 bridgehead atoms. The topological polar surface area (TPSA) is 77.2 Å². The molecule has 0 fully saturated rings. The minimum absolute atomic E-state index is 0.0623. The van der Waals surface area contributed by atoms with Crippen LogP contribution in [0.15, 0.2) is 29.6 Å². The number of hydrogen-bond acceptors (Lipinski definition) is 5. The number of hydrogen-bond donors (Lipinski definition) is 2. The summed E-state index contributed by atoms with van der Waals surface area (Å²) in [5.41, 5.74) is 7.69. The normalized spacial score (nSPS) is 16.6. The number of rotatable bonds is 5. The lowest BCUT2D eigenvalue weighted by molar-refractivity contribution is -0.126. The summed E-state index contributed by atoms with van der Waals surface area (Å²) < 4.78 is 5.65. The van der Waals surface area contributed by atoms with Crippen molar-refractivity contribution in [3.63, 3.8) is 0 Å². The van der Waals surface area contributed by atoms with Gasteiger partial charge >= 0.3 is 0 Å². The lowest BCUT2D eigenvalue weighted by Crippen LogP contribution is -2.37. The van der Waals surface area contributed by atoms with Crippen molar-refractivity contribution in [2.24, 2.45) is 5.92 Å². The number of aromatic nitrogens is 1. The number of amides is 1. The first-order valence-corrected chi connectivity index (χ1v) is 8.28. The van der Waals surface area contributed by atoms with Crippen molar-refractivity contribution in [3.05, 3.63) is 40.9 Å². The summed E-state index contributed by atoms with van der Waals surface area (Å²) in [5.74, 6) is 0.852. The van der Waals surface area contributed by atoms with Crippen LogP contribution in [0.2, 0.25) is 0 Å². The maximum absolute atomic E-state index is 12.2. The van der Waals surface area contributed by atoms with E-state index in [0.29, 0.717) is 18.3 Å². The van der Waals surface area contributed by atoms with Crippen LogP contribution in [0.3, 0.4) is 0 Å². The van der Waals surface area contributed by atoms with Gasteiger partial charge in [0.05, 0.1) is 11.6 Å². The van der Waals surface area contributed by atoms with Crippen LogP contribution < -0.4 is 15.8 Å². The summed E-state index contributed by atoms with van der Waals surface area (Å²) in [7, 11) is 0. The molecule has 0 spiro atoms. The molecule has 1 aromatic carbocycles. The number of nitrogen functional groups attached to an aromatic ring is 1. The molecule has 22 heavy (non-hydrogen) atoms. The summed E-state index contributed by atoms with van der Waals surface area (Å²) in [5, 5.41) is 5.54. The highest BCUT2D eigenvalue weighted by Gasteiger charge is 2.25. The van der Waals surface area contributed by atoms with Crippen LogP contribution in [0.5, 0.6) is 5.75 Å². The van der Waals surface area contributed by atoms with Gasteiger partial charge in [0.15, 0.2) is 5.13 Å². The van der Waals surface area contributed by atoms with Gasteiger partial charge in [0.1, 0.15) is 12.4 Å². The van der Waals surface area contributed by atoms with E-state index in [0.717, 1.165) is 36.3 Å². The van der Waals surface area contributed by atoms with Crippen molar-refractivity contribution in [2.75, 3.05) is 18.9 Å². The largest absolute Gasteiger partial charge is 0.492 e. The average Bonchev–Trinajstić information content (AvgIpc) is 2.96. The molecule has 1 atom stereocenters. The van der Waals surface area contributed by atoms with Gasteiger partial charge < -0.3 is 15.8 Å². The third kappa shape index (κ3) is 3.57. The number of ether oxygens (including phenoxy) is 1. The molecule has 116 valence electrons. The number of aryl methyl sites for hydroxylation is 1. The maximum atomic E-state index is 12.2. The zero-order valence-corrected chi connectivity index (χ0v) is 13.1. The predicted octanol–water partition coefficient (Wildman–Crippen LogP) is 2.03. The Hall–Kier alpha value is -2.08. The Morgan fingerprint density at radius 3 is 3.14 bits per heavy atom. The van der Waals surface area contributed by atoms with E-state index >= 15 is 0 Å². The second kappa shape index (κ2) is 6.79. The Balaban J connectivity index is 1.43. The summed E-state index contributed by atoms with van der Waals surface area (Å²) in [4.78, 5) is 16.4. The molecule has 2 heterocycles. The van der Waals surface area contributed by atoms with Crippen LogP contribution in [-0.2, 0) is 17.6 Å². The van der Waals surface area contributed by atoms with E-state index in [2.05, 4.69) is 10.3 Å². The highest BCUT2D eigenvalue weighted by atomic mass is 32.1. The van der Waals surface area contributed by atoms with Crippen molar-refractivity contribution in [3.8, 4) is 5.75 Å². The lowest BCUT2D eigenvalue weighted by atomic mass is 9.96. The van der Waals surface area contributed by atoms with Gasteiger partial charge in [-0.25, -0.2) is 4.98 Å². The summed E-state index contributed by atoms with van der Waals surface area (Å²) in [6, 6.07) is 7.89. The molecule has 0 radical (unpaired) electrons. The molecule has 0 saturated heterocycles. The Labute approximate surface area is 133 Å². The van der Waals surface area contributed by atoms with E-state index < -0.39 is 0 Å². The van der Waals surface area contributed by atoms with Crippen molar-refractivity contribution >= 4 is 22.4 Å². The number of thiazole rings is 1. The van der Waals surface area contributed by atoms with Gasteiger partial charge in [-0.15, -0.1) is 11.3 Å². The number of benzene rings is 1. The molecule has 2 aromatic rings. The Morgan fingerprint density at radius 2 is 2.32 bits per heavy atom. The van der Waals surface area contributed by atoms with Crippen LogP contribution in [0.4, 0.5) is 5.13 Å². The molecule has 1 unspecified atom stereocenters. The number of nitrogens with one attached hydrogen (secondary N) is 1. The number of para-hydroxylation sites is 1. The monoisotopic (exact) mass is 317 g/mol. The first kappa shape index (κ1) is 14.8. The molecule has 5 nitrogen and oxygen atoms in total. The predicted molar refractivity (Wildman–Crippen MR) is 87.0 cm³/mol. The van der Waals surface area contributed by atoms with E-state index in [9.17, 15) is 4.79 Å². The van der Waals surface area contributed by atoms with Gasteiger partial charge in [-0.3, -0.25) is 4.79 Å². The zero-order valence-electron chi connectivity index (χ0n) is 12.2. The van der Waals surface area contributed by atoms with Crippen molar-refractivity contribution in [1.29, 1.82) is 0 Å². The molecule has 6 heteroatoms. The highest BCUT2D eigenvalue weighted by Crippen LogP contribution is 2.26. The Bertz CT molecular complexity index is 656. The average molecular weight is 317 g/mol. The van der Waals surface area contributed by atoms with Gasteiger partial charge in [0.2, 0.25) is 5.91 Å². The quantitative estimate of drug-likeness (QED) is 0.827. The van der Waals surface area contributed by atoms with Gasteiger partial charge in [-0.05, 0) is 30.9 Å². The Morgan fingerprint density at radius 1 is 1.45 bits per heavy atom. The molecule has 1 aromatic heterocycles. The fraction of sp³-hybridized carbons (Fsp3) is 0.375. The summed E-state index contributed by atoms with van der Waals surface area (Å²) in [6.07, 6.45) is 2.43. The number of fused-ring (bicyclic) bond motifs is 1. The number of nitrogens with zero attached hydrogens (tertiary/aromatic N) is 1. The lowest BCUT2D eigenvalue weighted by Gasteiger charge is -2.24. The van der Waals surface area contributed by atoms with Crippen LogP contribution in [-0.4, -0.2) is 24.0 Å². The van der Waals surface area contributed by atoms with Crippen LogP contribution >= 0.6 is 11.3 Å². The molecule has 1 amide bonds. The molecule has 3 N–H and O–H groups in total. The van der Waals surface area contributed by atoms with E-state index in [1.54, 1.807) is 0 Å². The second-order valence-electron chi connectivity index (χ2n) is 5.39. The standard InChI is InChI=1S/C16H19N3O2S/c17-16-19-13(10-22-16)5-3-7-18-15(20)12-8-11-4-1-2-6-14(11)21-9-12/h1-2,4,6,10,12H,3,5,7-9H2,(H2,17,19)(H,18,20). The zero-order chi connectivity index (χ0) is 15.4. The van der Waals surface area contributed by atoms with Crippen molar-refractivity contribution in [1.82, 2.24) is 10.3 Å². The minimum atomic E-state index is -0.107. The third-order valence-corrected chi connectivity index (χ3v) is 4.45. The minimum Gasteiger partial charge on any atom is -0.492 e. The number of anilines is 1. The number of carbonyl (C=O) groups excluding carboxylic acids is 1. The smallest absolute Gasteiger partial charge is 0.226 e. The SMILES string of the molecule is Nc1nc(CCCNC(=O)C2COc3ccccc3C2)cs1. The van der Waals surface area contributed by atoms with Crippen molar-refractivity contribution in [2.45, 2.75) is 19.3 Å². The molecular formula is C16H19N3O2S. The van der Waals surface area contributed by atoms with Crippen molar-refractivity contribution < 1.29 is 9.53 Å². The highest BCUT2D eigenvalue weighted by molar-refractivity contribution is 7.13. The molecule has 3 rings (SSSR count). The molecule has 1 aliphatic rings. The number of carbonyl (C=O) groups is 1. The molecular weight excluding hydrogens is 298 g/mol. The first-order valence-electron chi connectivity index (χ1n) is 7.40. The second-order valence-corrected chi connectivity index (χ2v) is 6.28. The van der Waals surface area contributed by atoms with Gasteiger partial charge in [0.25, 0.3) is 0 Å². The third-order valence-electron chi connectivity index (χ3n) is 3.73. The van der Waals surface area contributed by atoms with Crippen LogP contribution in [0, 0.1) is 5.92 Å². The van der Waals surface area contributed by atoms with Gasteiger partial charge in [-0.1, -0.05) is 18.2 Å². The van der Waals surface area contributed by atoms with Crippen LogP contribution in [0.1, 0.15) is 17.7 Å². The molecule has 0 aliphatic carbocycles. The van der Waals surface area contributed by atoms with E-state index in [4.69, 9.17) is 10.5 Å². The Kier molecular flexibility index (Phi) is 4.58. The molecule has 1 aliphatic heterocycles. The molecule has 0 saturated carbocycles. The van der Waals surface area contributed by atoms with Gasteiger partial charge in [-0.2, -0.15) is 0 Å². The van der Waals surface area contributed by atoms with E-state index in [-0.39, 0.29) is 11.8 Å². The van der Waals surface area contributed by atoms with Crippen LogP contribution in [0.25, 0.3) is 0 Å². The first-order chi connectivity index (χ1) is 10.7. The summed E-state index contributed by atoms with van der Waals surface area (Å²) in [6.45, 7) is 1.10. The van der Waals surface area contributed by atoms with E-state index in [1.165, 1.54) is 11.3 Å². The maximum Gasteiger partial charge on any atom is 0.226 e. The summed E-state index contributed by atoms with van der Waals surface area (Å²) >= 11 is 1.45. The number of nitrogens with two attached hydrogens (primary N) is 1. The fourth-order valence-electron chi connectivity index (χ4n) is 2.56. The fourth-order valence-corrected chi connectivity index (χ4v) is 3.16.